The molecule has 19 heavy (non-hydrogen) atoms. The molecule has 0 heterocycles. The van der Waals surface area contributed by atoms with Gasteiger partial charge in [-0.1, -0.05) is 22.9 Å². The summed E-state index contributed by atoms with van der Waals surface area (Å²) in [5, 5.41) is 2.45. The predicted octanol–water partition coefficient (Wildman–Crippen LogP) is 2.19. The zero-order chi connectivity index (χ0) is 14.4. The number of likely N-dealkylation sites (N-methyl/N-ethyl adjacent to an activating group) is 1. The third kappa shape index (κ3) is 4.31. The van der Waals surface area contributed by atoms with Crippen molar-refractivity contribution in [1.82, 2.24) is 10.2 Å². The van der Waals surface area contributed by atoms with Gasteiger partial charge in [0.05, 0.1) is 12.1 Å². The molecule has 0 aliphatic rings. The van der Waals surface area contributed by atoms with Crippen molar-refractivity contribution in [1.29, 1.82) is 0 Å². The van der Waals surface area contributed by atoms with Crippen LogP contribution in [0.1, 0.15) is 23.7 Å². The van der Waals surface area contributed by atoms with Crippen LogP contribution in [0.15, 0.2) is 22.7 Å². The fourth-order valence-electron chi connectivity index (χ4n) is 1.61. The minimum Gasteiger partial charge on any atom is -0.358 e. The topological polar surface area (TPSA) is 49.4 Å². The van der Waals surface area contributed by atoms with Gasteiger partial charge in [0, 0.05) is 18.1 Å². The first-order valence-corrected chi connectivity index (χ1v) is 6.73. The van der Waals surface area contributed by atoms with E-state index in [1.807, 2.05) is 6.92 Å². The Morgan fingerprint density at radius 2 is 2.11 bits per heavy atom. The summed E-state index contributed by atoms with van der Waals surface area (Å²) in [4.78, 5) is 25.0. The highest BCUT2D eigenvalue weighted by Crippen LogP contribution is 2.17. The molecule has 0 aliphatic heterocycles. The Labute approximate surface area is 120 Å². The average Bonchev–Trinajstić information content (AvgIpc) is 2.40. The zero-order valence-corrected chi connectivity index (χ0v) is 12.5. The number of amides is 2. The van der Waals surface area contributed by atoms with Crippen molar-refractivity contribution in [2.45, 2.75) is 13.3 Å². The van der Waals surface area contributed by atoms with Crippen LogP contribution in [0, 0.1) is 5.82 Å². The maximum Gasteiger partial charge on any atom is 0.257 e. The summed E-state index contributed by atoms with van der Waals surface area (Å²) < 4.78 is 14.3. The van der Waals surface area contributed by atoms with Gasteiger partial charge in [-0.25, -0.2) is 4.39 Å². The van der Waals surface area contributed by atoms with E-state index in [-0.39, 0.29) is 18.0 Å². The van der Waals surface area contributed by atoms with E-state index < -0.39 is 11.7 Å². The summed E-state index contributed by atoms with van der Waals surface area (Å²) in [6, 6.07) is 4.17. The summed E-state index contributed by atoms with van der Waals surface area (Å²) in [6.07, 6.45) is 0.693. The molecule has 0 atom stereocenters. The normalized spacial score (nSPS) is 10.1. The lowest BCUT2D eigenvalue weighted by Crippen LogP contribution is -2.40. The van der Waals surface area contributed by atoms with E-state index in [1.165, 1.54) is 30.1 Å². The first kappa shape index (κ1) is 15.6. The largest absolute Gasteiger partial charge is 0.358 e. The highest BCUT2D eigenvalue weighted by Gasteiger charge is 2.20. The highest BCUT2D eigenvalue weighted by atomic mass is 79.9. The summed E-state index contributed by atoms with van der Waals surface area (Å²) in [6.45, 7) is 2.22. The van der Waals surface area contributed by atoms with Crippen LogP contribution in [-0.4, -0.2) is 36.9 Å². The standard InChI is InChI=1S/C13H16BrFN2O2/c1-3-6-17(8-12(18)16-2)13(19)10-7-9(14)4-5-11(10)15/h4-5,7H,3,6,8H2,1-2H3,(H,16,18). The highest BCUT2D eigenvalue weighted by molar-refractivity contribution is 9.10. The molecule has 0 unspecified atom stereocenters. The Hall–Kier alpha value is -1.43. The van der Waals surface area contributed by atoms with Crippen molar-refractivity contribution in [2.75, 3.05) is 20.1 Å². The number of halogens is 2. The Balaban J connectivity index is 2.98. The zero-order valence-electron chi connectivity index (χ0n) is 10.9. The number of hydrogen-bond acceptors (Lipinski definition) is 2. The van der Waals surface area contributed by atoms with Crippen molar-refractivity contribution < 1.29 is 14.0 Å². The molecule has 0 saturated heterocycles. The van der Waals surface area contributed by atoms with Crippen LogP contribution in [0.5, 0.6) is 0 Å². The van der Waals surface area contributed by atoms with Crippen molar-refractivity contribution in [3.05, 3.63) is 34.1 Å². The lowest BCUT2D eigenvalue weighted by molar-refractivity contribution is -0.121. The molecule has 6 heteroatoms. The molecule has 0 saturated carbocycles. The molecular formula is C13H16BrFN2O2. The van der Waals surface area contributed by atoms with Crippen LogP contribution in [0.4, 0.5) is 4.39 Å². The average molecular weight is 331 g/mol. The smallest absolute Gasteiger partial charge is 0.257 e. The molecule has 0 spiro atoms. The van der Waals surface area contributed by atoms with E-state index in [1.54, 1.807) is 0 Å². The van der Waals surface area contributed by atoms with Gasteiger partial charge in [-0.2, -0.15) is 0 Å². The molecule has 1 aromatic carbocycles. The van der Waals surface area contributed by atoms with Crippen LogP contribution in [-0.2, 0) is 4.79 Å². The fourth-order valence-corrected chi connectivity index (χ4v) is 1.97. The van der Waals surface area contributed by atoms with Gasteiger partial charge in [-0.15, -0.1) is 0 Å². The Morgan fingerprint density at radius 3 is 2.68 bits per heavy atom. The Bertz CT molecular complexity index is 480. The molecule has 0 bridgehead atoms. The molecule has 1 rings (SSSR count). The minimum atomic E-state index is -0.591. The van der Waals surface area contributed by atoms with E-state index in [9.17, 15) is 14.0 Å². The summed E-state index contributed by atoms with van der Waals surface area (Å²) in [5.41, 5.74) is -0.0354. The summed E-state index contributed by atoms with van der Waals surface area (Å²) in [5.74, 6) is -1.35. The Morgan fingerprint density at radius 1 is 1.42 bits per heavy atom. The molecule has 1 aromatic rings. The van der Waals surface area contributed by atoms with Gasteiger partial charge >= 0.3 is 0 Å². The van der Waals surface area contributed by atoms with Crippen LogP contribution < -0.4 is 5.32 Å². The van der Waals surface area contributed by atoms with E-state index in [0.717, 1.165) is 0 Å². The number of carbonyl (C=O) groups excluding carboxylic acids is 2. The van der Waals surface area contributed by atoms with Gasteiger partial charge in [-0.05, 0) is 24.6 Å². The molecule has 0 aliphatic carbocycles. The van der Waals surface area contributed by atoms with Crippen LogP contribution in [0.3, 0.4) is 0 Å². The van der Waals surface area contributed by atoms with E-state index >= 15 is 0 Å². The quantitative estimate of drug-likeness (QED) is 0.899. The van der Waals surface area contributed by atoms with Crippen LogP contribution in [0.2, 0.25) is 0 Å². The molecule has 2 amide bonds. The lowest BCUT2D eigenvalue weighted by atomic mass is 10.2. The third-order valence-corrected chi connectivity index (χ3v) is 3.05. The monoisotopic (exact) mass is 330 g/mol. The Kier molecular flexibility index (Phi) is 5.95. The predicted molar refractivity (Wildman–Crippen MR) is 74.4 cm³/mol. The fraction of sp³-hybridized carbons (Fsp3) is 0.385. The first-order valence-electron chi connectivity index (χ1n) is 5.94. The first-order chi connectivity index (χ1) is 8.99. The number of nitrogens with one attached hydrogen (secondary N) is 1. The van der Waals surface area contributed by atoms with E-state index in [0.29, 0.717) is 17.4 Å². The molecular weight excluding hydrogens is 315 g/mol. The van der Waals surface area contributed by atoms with Gasteiger partial charge in [-0.3, -0.25) is 9.59 Å². The van der Waals surface area contributed by atoms with Crippen molar-refractivity contribution in [2.24, 2.45) is 0 Å². The summed E-state index contributed by atoms with van der Waals surface area (Å²) in [7, 11) is 1.50. The maximum absolute atomic E-state index is 13.7. The summed E-state index contributed by atoms with van der Waals surface area (Å²) >= 11 is 3.20. The number of carbonyl (C=O) groups is 2. The van der Waals surface area contributed by atoms with Gasteiger partial charge in [0.15, 0.2) is 0 Å². The molecule has 104 valence electrons. The molecule has 1 N–H and O–H groups in total. The van der Waals surface area contributed by atoms with Gasteiger partial charge in [0.2, 0.25) is 5.91 Å². The molecule has 0 radical (unpaired) electrons. The third-order valence-electron chi connectivity index (χ3n) is 2.55. The maximum atomic E-state index is 13.7. The van der Waals surface area contributed by atoms with Gasteiger partial charge < -0.3 is 10.2 Å². The SMILES string of the molecule is CCCN(CC(=O)NC)C(=O)c1cc(Br)ccc1F. The van der Waals surface area contributed by atoms with Crippen molar-refractivity contribution in [3.63, 3.8) is 0 Å². The molecule has 0 fully saturated rings. The second kappa shape index (κ2) is 7.23. The number of rotatable bonds is 5. The number of hydrogen-bond donors (Lipinski definition) is 1. The number of benzene rings is 1. The second-order valence-corrected chi connectivity index (χ2v) is 4.94. The second-order valence-electron chi connectivity index (χ2n) is 4.02. The van der Waals surface area contributed by atoms with Gasteiger partial charge in [0.25, 0.3) is 5.91 Å². The number of nitrogens with zero attached hydrogens (tertiary/aromatic N) is 1. The lowest BCUT2D eigenvalue weighted by Gasteiger charge is -2.21. The van der Waals surface area contributed by atoms with Crippen molar-refractivity contribution in [3.8, 4) is 0 Å². The van der Waals surface area contributed by atoms with Gasteiger partial charge in [0.1, 0.15) is 5.82 Å². The van der Waals surface area contributed by atoms with Crippen LogP contribution in [0.25, 0.3) is 0 Å². The van der Waals surface area contributed by atoms with E-state index in [4.69, 9.17) is 0 Å². The minimum absolute atomic E-state index is 0.0354. The molecule has 0 aromatic heterocycles. The van der Waals surface area contributed by atoms with Crippen molar-refractivity contribution >= 4 is 27.7 Å². The van der Waals surface area contributed by atoms with Crippen LogP contribution >= 0.6 is 15.9 Å². The molecule has 4 nitrogen and oxygen atoms in total. The van der Waals surface area contributed by atoms with E-state index in [2.05, 4.69) is 21.2 Å².